The van der Waals surface area contributed by atoms with Crippen LogP contribution in [-0.4, -0.2) is 76.7 Å². The Labute approximate surface area is 244 Å². The topological polar surface area (TPSA) is 114 Å². The van der Waals surface area contributed by atoms with E-state index in [9.17, 15) is 4.79 Å². The Morgan fingerprint density at radius 1 is 1.00 bits per heavy atom. The summed E-state index contributed by atoms with van der Waals surface area (Å²) in [6, 6.07) is 12.0. The summed E-state index contributed by atoms with van der Waals surface area (Å²) in [6.07, 6.45) is 7.89. The van der Waals surface area contributed by atoms with Gasteiger partial charge in [0.2, 0.25) is 0 Å². The Bertz CT molecular complexity index is 1570. The molecule has 2 fully saturated rings. The number of benzene rings is 2. The molecule has 1 aliphatic heterocycles. The predicted molar refractivity (Wildman–Crippen MR) is 163 cm³/mol. The smallest absolute Gasteiger partial charge is 0.323 e. The minimum absolute atomic E-state index is 0.0642. The fourth-order valence-electron chi connectivity index (χ4n) is 6.26. The summed E-state index contributed by atoms with van der Waals surface area (Å²) >= 11 is 0. The van der Waals surface area contributed by atoms with E-state index in [0.29, 0.717) is 28.9 Å². The maximum absolute atomic E-state index is 15.3. The van der Waals surface area contributed by atoms with Gasteiger partial charge < -0.3 is 30.6 Å². The number of nitrogens with one attached hydrogen (secondary N) is 2. The fourth-order valence-corrected chi connectivity index (χ4v) is 6.26. The number of urea groups is 1. The summed E-state index contributed by atoms with van der Waals surface area (Å²) in [7, 11) is 3.74. The molecular formula is C31H37FN8O2. The largest absolute Gasteiger partial charge is 0.497 e. The molecule has 1 saturated heterocycles. The third-order valence-electron chi connectivity index (χ3n) is 8.61. The average molecular weight is 573 g/mol. The molecule has 4 aromatic rings. The third kappa shape index (κ3) is 5.75. The molecule has 1 aliphatic carbocycles. The van der Waals surface area contributed by atoms with Crippen LogP contribution >= 0.6 is 0 Å². The molecule has 6 rings (SSSR count). The summed E-state index contributed by atoms with van der Waals surface area (Å²) in [4.78, 5) is 26.4. The van der Waals surface area contributed by atoms with E-state index in [4.69, 9.17) is 10.5 Å². The van der Waals surface area contributed by atoms with E-state index in [1.807, 2.05) is 6.20 Å². The number of nitrogen functional groups attached to an aromatic ring is 1. The Kier molecular flexibility index (Phi) is 7.94. The van der Waals surface area contributed by atoms with Gasteiger partial charge >= 0.3 is 6.03 Å². The quantitative estimate of drug-likeness (QED) is 0.291. The number of fused-ring (bicyclic) bond motifs is 1. The number of hydrogen-bond donors (Lipinski definition) is 3. The average Bonchev–Trinajstić information content (AvgIpc) is 3.40. The number of rotatable bonds is 6. The number of piperazine rings is 1. The summed E-state index contributed by atoms with van der Waals surface area (Å²) < 4.78 is 22.7. The number of halogens is 1. The number of amides is 2. The van der Waals surface area contributed by atoms with Crippen LogP contribution in [0.15, 0.2) is 55.0 Å². The molecule has 2 aromatic heterocycles. The van der Waals surface area contributed by atoms with Crippen molar-refractivity contribution in [1.29, 1.82) is 0 Å². The molecule has 0 bridgehead atoms. The molecule has 2 amide bonds. The minimum Gasteiger partial charge on any atom is -0.497 e. The van der Waals surface area contributed by atoms with Crippen LogP contribution in [0, 0.1) is 5.82 Å². The van der Waals surface area contributed by atoms with Crippen molar-refractivity contribution in [3.05, 3.63) is 60.8 Å². The molecule has 220 valence electrons. The van der Waals surface area contributed by atoms with Crippen molar-refractivity contribution in [2.75, 3.05) is 56.7 Å². The molecule has 10 nitrogen and oxygen atoms in total. The summed E-state index contributed by atoms with van der Waals surface area (Å²) in [5.74, 6) is 0.409. The van der Waals surface area contributed by atoms with Crippen molar-refractivity contribution >= 4 is 34.3 Å². The monoisotopic (exact) mass is 572 g/mol. The first-order valence-electron chi connectivity index (χ1n) is 14.4. The SMILES string of the molecule is COc1cccc(NC(=O)Nc2ccc(-c3cn(C4CCC(N5CCN(C)CC5)CC4)c4ncnc(N)c34)cc2F)c1. The van der Waals surface area contributed by atoms with Crippen LogP contribution in [0.25, 0.3) is 22.2 Å². The van der Waals surface area contributed by atoms with E-state index in [1.165, 1.54) is 12.4 Å². The second-order valence-corrected chi connectivity index (χ2v) is 11.2. The van der Waals surface area contributed by atoms with Crippen LogP contribution in [0.2, 0.25) is 0 Å². The van der Waals surface area contributed by atoms with Gasteiger partial charge in [0.15, 0.2) is 0 Å². The summed E-state index contributed by atoms with van der Waals surface area (Å²) in [5, 5.41) is 6.00. The number of aromatic nitrogens is 3. The maximum Gasteiger partial charge on any atom is 0.323 e. The van der Waals surface area contributed by atoms with Gasteiger partial charge in [-0.05, 0) is 62.6 Å². The number of ether oxygens (including phenoxy) is 1. The van der Waals surface area contributed by atoms with Crippen molar-refractivity contribution in [1.82, 2.24) is 24.3 Å². The van der Waals surface area contributed by atoms with Gasteiger partial charge in [0.25, 0.3) is 0 Å². The molecule has 0 radical (unpaired) electrons. The van der Waals surface area contributed by atoms with E-state index in [1.54, 1.807) is 43.5 Å². The van der Waals surface area contributed by atoms with E-state index in [2.05, 4.69) is 42.0 Å². The second kappa shape index (κ2) is 11.9. The molecule has 2 aromatic carbocycles. The molecular weight excluding hydrogens is 535 g/mol. The highest BCUT2D eigenvalue weighted by atomic mass is 19.1. The number of anilines is 3. The van der Waals surface area contributed by atoms with Crippen molar-refractivity contribution in [2.45, 2.75) is 37.8 Å². The molecule has 42 heavy (non-hydrogen) atoms. The second-order valence-electron chi connectivity index (χ2n) is 11.2. The van der Waals surface area contributed by atoms with E-state index in [0.717, 1.165) is 68.5 Å². The summed E-state index contributed by atoms with van der Waals surface area (Å²) in [6.45, 7) is 4.51. The predicted octanol–water partition coefficient (Wildman–Crippen LogP) is 5.20. The number of carbonyl (C=O) groups excluding carboxylic acids is 1. The molecule has 0 spiro atoms. The van der Waals surface area contributed by atoms with E-state index < -0.39 is 11.8 Å². The highest BCUT2D eigenvalue weighted by Gasteiger charge is 2.30. The zero-order chi connectivity index (χ0) is 29.2. The van der Waals surface area contributed by atoms with Crippen LogP contribution in [0.1, 0.15) is 31.7 Å². The van der Waals surface area contributed by atoms with Gasteiger partial charge in [0.1, 0.15) is 29.4 Å². The van der Waals surface area contributed by atoms with Gasteiger partial charge in [-0.3, -0.25) is 4.90 Å². The zero-order valence-corrected chi connectivity index (χ0v) is 24.0. The lowest BCUT2D eigenvalue weighted by atomic mass is 9.89. The third-order valence-corrected chi connectivity index (χ3v) is 8.61. The van der Waals surface area contributed by atoms with Gasteiger partial charge in [-0.1, -0.05) is 12.1 Å². The molecule has 2 aliphatic rings. The molecule has 0 atom stereocenters. The zero-order valence-electron chi connectivity index (χ0n) is 24.0. The van der Waals surface area contributed by atoms with Crippen LogP contribution in [0.5, 0.6) is 5.75 Å². The number of likely N-dealkylation sites (N-methyl/N-ethyl adjacent to an activating group) is 1. The first-order chi connectivity index (χ1) is 20.4. The lowest BCUT2D eigenvalue weighted by Gasteiger charge is -2.41. The normalized spacial score (nSPS) is 20.0. The van der Waals surface area contributed by atoms with Crippen LogP contribution in [-0.2, 0) is 0 Å². The number of methoxy groups -OCH3 is 1. The summed E-state index contributed by atoms with van der Waals surface area (Å²) in [5.41, 5.74) is 9.13. The standard InChI is InChI=1S/C31H37FN8O2/c1-38-12-14-39(15-13-38)22-7-9-23(10-8-22)40-18-25(28-29(33)34-19-35-30(28)40)20-6-11-27(26(32)16-20)37-31(41)36-21-4-3-5-24(17-21)42-2/h3-6,11,16-19,22-23H,7-10,12-15H2,1-2H3,(H2,33,34,35)(H2,36,37,41). The molecule has 1 saturated carbocycles. The molecule has 3 heterocycles. The number of nitrogens with two attached hydrogens (primary N) is 1. The van der Waals surface area contributed by atoms with Crippen molar-refractivity contribution in [3.8, 4) is 16.9 Å². The first-order valence-corrected chi connectivity index (χ1v) is 14.4. The molecule has 11 heteroatoms. The van der Waals surface area contributed by atoms with Gasteiger partial charge in [-0.15, -0.1) is 0 Å². The number of nitrogens with zero attached hydrogens (tertiary/aromatic N) is 5. The van der Waals surface area contributed by atoms with Gasteiger partial charge in [-0.25, -0.2) is 19.2 Å². The lowest BCUT2D eigenvalue weighted by molar-refractivity contribution is 0.0828. The Balaban J connectivity index is 1.20. The maximum atomic E-state index is 15.3. The van der Waals surface area contributed by atoms with Crippen molar-refractivity contribution in [3.63, 3.8) is 0 Å². The highest BCUT2D eigenvalue weighted by Crippen LogP contribution is 2.39. The minimum atomic E-state index is -0.559. The van der Waals surface area contributed by atoms with Crippen LogP contribution in [0.4, 0.5) is 26.4 Å². The van der Waals surface area contributed by atoms with E-state index >= 15 is 4.39 Å². The number of hydrogen-bond acceptors (Lipinski definition) is 7. The van der Waals surface area contributed by atoms with Crippen LogP contribution < -0.4 is 21.1 Å². The first kappa shape index (κ1) is 27.9. The Morgan fingerprint density at radius 3 is 2.50 bits per heavy atom. The lowest BCUT2D eigenvalue weighted by Crippen LogP contribution is -2.49. The van der Waals surface area contributed by atoms with Crippen molar-refractivity contribution in [2.24, 2.45) is 0 Å². The molecule has 0 unspecified atom stereocenters. The Hall–Kier alpha value is -4.22. The number of carbonyl (C=O) groups is 1. The highest BCUT2D eigenvalue weighted by molar-refractivity contribution is 6.02. The van der Waals surface area contributed by atoms with E-state index in [-0.39, 0.29) is 11.7 Å². The van der Waals surface area contributed by atoms with Gasteiger partial charge in [0, 0.05) is 61.8 Å². The fraction of sp³-hybridized carbons (Fsp3) is 0.387. The Morgan fingerprint density at radius 2 is 1.76 bits per heavy atom. The van der Waals surface area contributed by atoms with Gasteiger partial charge in [-0.2, -0.15) is 0 Å². The van der Waals surface area contributed by atoms with Crippen molar-refractivity contribution < 1.29 is 13.9 Å². The van der Waals surface area contributed by atoms with Gasteiger partial charge in [0.05, 0.1) is 18.2 Å². The van der Waals surface area contributed by atoms with Crippen LogP contribution in [0.3, 0.4) is 0 Å². The molecule has 4 N–H and O–H groups in total.